The first kappa shape index (κ1) is 11.9. The predicted molar refractivity (Wildman–Crippen MR) is 55.3 cm³/mol. The van der Waals surface area contributed by atoms with Crippen molar-refractivity contribution in [1.82, 2.24) is 9.97 Å². The Kier molecular flexibility index (Phi) is 4.49. The van der Waals surface area contributed by atoms with Crippen molar-refractivity contribution in [1.29, 1.82) is 5.26 Å². The Hall–Kier alpha value is -1.16. The lowest BCUT2D eigenvalue weighted by Crippen LogP contribution is -2.15. The number of aliphatic hydroxyl groups excluding tert-OH is 2. The molecular formula is C9H11N3O2S. The van der Waals surface area contributed by atoms with Gasteiger partial charge >= 0.3 is 0 Å². The maximum atomic E-state index is 9.12. The first-order chi connectivity index (χ1) is 7.15. The third kappa shape index (κ3) is 3.83. The van der Waals surface area contributed by atoms with Gasteiger partial charge in [-0.05, 0) is 13.0 Å². The molecule has 0 fully saturated rings. The first-order valence-corrected chi connectivity index (χ1v) is 5.31. The van der Waals surface area contributed by atoms with Crippen LogP contribution in [0, 0.1) is 18.3 Å². The summed E-state index contributed by atoms with van der Waals surface area (Å²) in [7, 11) is 0. The van der Waals surface area contributed by atoms with Crippen LogP contribution in [0.3, 0.4) is 0 Å². The Bertz CT molecular complexity index is 378. The van der Waals surface area contributed by atoms with E-state index in [1.54, 1.807) is 13.0 Å². The average molecular weight is 225 g/mol. The second kappa shape index (κ2) is 5.66. The van der Waals surface area contributed by atoms with Crippen LogP contribution in [0.5, 0.6) is 0 Å². The fourth-order valence-electron chi connectivity index (χ4n) is 0.887. The Morgan fingerprint density at radius 2 is 2.33 bits per heavy atom. The van der Waals surface area contributed by atoms with E-state index >= 15 is 0 Å². The zero-order chi connectivity index (χ0) is 11.3. The number of aryl methyl sites for hydroxylation is 1. The van der Waals surface area contributed by atoms with Crippen LogP contribution in [0.4, 0.5) is 0 Å². The molecule has 1 unspecified atom stereocenters. The van der Waals surface area contributed by atoms with Crippen molar-refractivity contribution in [3.8, 4) is 6.07 Å². The fraction of sp³-hybridized carbons (Fsp3) is 0.444. The molecule has 1 aromatic heterocycles. The minimum Gasteiger partial charge on any atom is -0.394 e. The molecule has 1 heterocycles. The predicted octanol–water partition coefficient (Wildman–Crippen LogP) is 0.102. The fourth-order valence-corrected chi connectivity index (χ4v) is 1.70. The number of aromatic nitrogens is 2. The van der Waals surface area contributed by atoms with Crippen LogP contribution in [0.25, 0.3) is 0 Å². The summed E-state index contributed by atoms with van der Waals surface area (Å²) < 4.78 is 0. The van der Waals surface area contributed by atoms with Gasteiger partial charge in [0.2, 0.25) is 0 Å². The van der Waals surface area contributed by atoms with Crippen molar-refractivity contribution in [2.24, 2.45) is 0 Å². The summed E-state index contributed by atoms with van der Waals surface area (Å²) in [6, 6.07) is 3.52. The molecular weight excluding hydrogens is 214 g/mol. The highest BCUT2D eigenvalue weighted by Crippen LogP contribution is 2.14. The van der Waals surface area contributed by atoms with Crippen molar-refractivity contribution < 1.29 is 10.2 Å². The molecule has 0 aliphatic carbocycles. The monoisotopic (exact) mass is 225 g/mol. The Labute approximate surface area is 91.8 Å². The summed E-state index contributed by atoms with van der Waals surface area (Å²) >= 11 is 1.21. The Morgan fingerprint density at radius 3 is 2.93 bits per heavy atom. The van der Waals surface area contributed by atoms with E-state index in [0.29, 0.717) is 22.3 Å². The summed E-state index contributed by atoms with van der Waals surface area (Å²) in [6.07, 6.45) is -0.787. The molecule has 6 heteroatoms. The lowest BCUT2D eigenvalue weighted by atomic mass is 10.4. The van der Waals surface area contributed by atoms with E-state index in [1.165, 1.54) is 11.8 Å². The van der Waals surface area contributed by atoms with Gasteiger partial charge in [-0.2, -0.15) is 5.26 Å². The molecule has 0 bridgehead atoms. The summed E-state index contributed by atoms with van der Waals surface area (Å²) in [5.41, 5.74) is 1.02. The highest BCUT2D eigenvalue weighted by Gasteiger charge is 2.06. The molecule has 15 heavy (non-hydrogen) atoms. The minimum absolute atomic E-state index is 0.288. The van der Waals surface area contributed by atoms with Gasteiger partial charge in [-0.15, -0.1) is 0 Å². The van der Waals surface area contributed by atoms with Crippen molar-refractivity contribution in [2.45, 2.75) is 18.2 Å². The molecule has 2 N–H and O–H groups in total. The van der Waals surface area contributed by atoms with Crippen molar-refractivity contribution >= 4 is 11.8 Å². The van der Waals surface area contributed by atoms with Crippen LogP contribution in [-0.4, -0.2) is 38.6 Å². The molecule has 0 amide bonds. The van der Waals surface area contributed by atoms with Gasteiger partial charge in [-0.25, -0.2) is 9.97 Å². The number of rotatable bonds is 4. The van der Waals surface area contributed by atoms with Gasteiger partial charge < -0.3 is 10.2 Å². The molecule has 0 aromatic carbocycles. The van der Waals surface area contributed by atoms with Crippen LogP contribution in [-0.2, 0) is 0 Å². The van der Waals surface area contributed by atoms with Crippen LogP contribution >= 0.6 is 11.8 Å². The van der Waals surface area contributed by atoms with E-state index in [1.807, 2.05) is 6.07 Å². The largest absolute Gasteiger partial charge is 0.394 e. The number of hydrogen-bond donors (Lipinski definition) is 2. The molecule has 1 rings (SSSR count). The maximum Gasteiger partial charge on any atom is 0.189 e. The average Bonchev–Trinajstić information content (AvgIpc) is 2.25. The van der Waals surface area contributed by atoms with Gasteiger partial charge in [0.1, 0.15) is 11.8 Å². The van der Waals surface area contributed by atoms with Gasteiger partial charge in [0, 0.05) is 11.4 Å². The highest BCUT2D eigenvalue weighted by atomic mass is 32.2. The molecule has 0 spiro atoms. The molecule has 0 saturated carbocycles. The first-order valence-electron chi connectivity index (χ1n) is 4.33. The van der Waals surface area contributed by atoms with Gasteiger partial charge in [0.05, 0.1) is 12.7 Å². The van der Waals surface area contributed by atoms with Crippen molar-refractivity contribution in [3.05, 3.63) is 17.5 Å². The number of nitriles is 1. The van der Waals surface area contributed by atoms with Crippen LogP contribution in [0.2, 0.25) is 0 Å². The molecule has 0 aliphatic rings. The second-order valence-corrected chi connectivity index (χ2v) is 3.92. The molecule has 0 radical (unpaired) electrons. The molecule has 0 aliphatic heterocycles. The van der Waals surface area contributed by atoms with E-state index in [0.717, 1.165) is 0 Å². The summed E-state index contributed by atoms with van der Waals surface area (Å²) in [5.74, 6) is 0.310. The topological polar surface area (TPSA) is 90.0 Å². The van der Waals surface area contributed by atoms with Crippen LogP contribution < -0.4 is 0 Å². The third-order valence-electron chi connectivity index (χ3n) is 1.56. The smallest absolute Gasteiger partial charge is 0.189 e. The molecule has 1 aromatic rings. The number of thioether (sulfide) groups is 1. The van der Waals surface area contributed by atoms with E-state index in [4.69, 9.17) is 15.5 Å². The lowest BCUT2D eigenvalue weighted by Gasteiger charge is -2.05. The lowest BCUT2D eigenvalue weighted by molar-refractivity contribution is 0.113. The Balaban J connectivity index is 2.69. The summed E-state index contributed by atoms with van der Waals surface area (Å²) in [6.45, 7) is 1.49. The van der Waals surface area contributed by atoms with Gasteiger partial charge in [0.25, 0.3) is 0 Å². The van der Waals surface area contributed by atoms with E-state index in [-0.39, 0.29) is 6.61 Å². The van der Waals surface area contributed by atoms with Gasteiger partial charge in [-0.3, -0.25) is 0 Å². The highest BCUT2D eigenvalue weighted by molar-refractivity contribution is 7.99. The minimum atomic E-state index is -0.787. The SMILES string of the molecule is Cc1cc(C#N)nc(SCC(O)CO)n1. The molecule has 1 atom stereocenters. The van der Waals surface area contributed by atoms with Crippen LogP contribution in [0.15, 0.2) is 11.2 Å². The number of aliphatic hydroxyl groups is 2. The molecule has 80 valence electrons. The third-order valence-corrected chi connectivity index (χ3v) is 2.56. The zero-order valence-electron chi connectivity index (χ0n) is 8.21. The number of hydrogen-bond acceptors (Lipinski definition) is 6. The van der Waals surface area contributed by atoms with E-state index < -0.39 is 6.10 Å². The summed E-state index contributed by atoms with van der Waals surface area (Å²) in [5, 5.41) is 26.8. The summed E-state index contributed by atoms with van der Waals surface area (Å²) in [4.78, 5) is 8.05. The van der Waals surface area contributed by atoms with E-state index in [2.05, 4.69) is 9.97 Å². The maximum absolute atomic E-state index is 9.12. The Morgan fingerprint density at radius 1 is 1.60 bits per heavy atom. The molecule has 5 nitrogen and oxygen atoms in total. The second-order valence-electron chi connectivity index (χ2n) is 2.94. The number of nitrogens with zero attached hydrogens (tertiary/aromatic N) is 3. The normalized spacial score (nSPS) is 12.1. The van der Waals surface area contributed by atoms with Crippen molar-refractivity contribution in [2.75, 3.05) is 12.4 Å². The van der Waals surface area contributed by atoms with Crippen molar-refractivity contribution in [3.63, 3.8) is 0 Å². The van der Waals surface area contributed by atoms with Gasteiger partial charge in [-0.1, -0.05) is 11.8 Å². The standard InChI is InChI=1S/C9H11N3O2S/c1-6-2-7(3-10)12-9(11-6)15-5-8(14)4-13/h2,8,13-14H,4-5H2,1H3. The van der Waals surface area contributed by atoms with E-state index in [9.17, 15) is 0 Å². The zero-order valence-corrected chi connectivity index (χ0v) is 9.03. The van der Waals surface area contributed by atoms with Crippen LogP contribution in [0.1, 0.15) is 11.4 Å². The molecule has 0 saturated heterocycles. The van der Waals surface area contributed by atoms with Gasteiger partial charge in [0.15, 0.2) is 5.16 Å². The quantitative estimate of drug-likeness (QED) is 0.558.